The van der Waals surface area contributed by atoms with Crippen molar-refractivity contribution in [1.29, 1.82) is 0 Å². The van der Waals surface area contributed by atoms with Gasteiger partial charge in [0.05, 0.1) is 11.8 Å². The summed E-state index contributed by atoms with van der Waals surface area (Å²) in [6.45, 7) is 7.65. The Kier molecular flexibility index (Phi) is 9.33. The number of carbonyl (C=O) groups excluding carboxylic acids is 1. The average molecular weight is 591 g/mol. The summed E-state index contributed by atoms with van der Waals surface area (Å²) in [6, 6.07) is 11.2. The van der Waals surface area contributed by atoms with Gasteiger partial charge in [-0.1, -0.05) is 32.0 Å². The predicted octanol–water partition coefficient (Wildman–Crippen LogP) is 5.34. The Morgan fingerprint density at radius 1 is 1.12 bits per heavy atom. The molecule has 0 saturated heterocycles. The third kappa shape index (κ3) is 6.39. The molecule has 0 bridgehead atoms. The highest BCUT2D eigenvalue weighted by molar-refractivity contribution is 7.13. The van der Waals surface area contributed by atoms with Crippen molar-refractivity contribution >= 4 is 34.3 Å². The fourth-order valence-corrected chi connectivity index (χ4v) is 5.63. The fraction of sp³-hybridized carbons (Fsp3) is 0.258. The number of hydrogen-bond donors (Lipinski definition) is 3. The third-order valence-electron chi connectivity index (χ3n) is 7.29. The minimum Gasteiger partial charge on any atom is -0.629 e. The van der Waals surface area contributed by atoms with Gasteiger partial charge in [-0.25, -0.2) is 18.7 Å². The van der Waals surface area contributed by atoms with Crippen LogP contribution < -0.4 is 15.7 Å². The first-order valence-corrected chi connectivity index (χ1v) is 14.8. The average Bonchev–Trinajstić information content (AvgIpc) is 3.51. The monoisotopic (exact) mass is 590 g/mol. The number of aromatic nitrogens is 2. The molecule has 218 valence electrons. The van der Waals surface area contributed by atoms with E-state index >= 15 is 8.78 Å². The standard InChI is InChI=1S/C31H32F2N6O2S/c1-3-38(4-2)15-7-13-34-26-19-23(20-8-5-9-21(18-20)30(40)37-31-35-14-17-42-31)22-12-16-39(41)29(28(22)36-26)27-24(32)10-6-11-25(27)33/h5-6,8-12,14,16-19,29,39H,3-4,7,13,15H2,1-2H3,(H,34,36)(H,35,37,40). The van der Waals surface area contributed by atoms with Gasteiger partial charge in [-0.2, -0.15) is 0 Å². The summed E-state index contributed by atoms with van der Waals surface area (Å²) < 4.78 is 30.0. The second-order valence-electron chi connectivity index (χ2n) is 9.84. The van der Waals surface area contributed by atoms with Crippen molar-refractivity contribution in [1.82, 2.24) is 14.9 Å². The van der Waals surface area contributed by atoms with Gasteiger partial charge in [0.25, 0.3) is 5.91 Å². The lowest BCUT2D eigenvalue weighted by molar-refractivity contribution is -0.821. The maximum absolute atomic E-state index is 15.0. The van der Waals surface area contributed by atoms with E-state index in [1.165, 1.54) is 23.6 Å². The number of thiazole rings is 1. The van der Waals surface area contributed by atoms with Crippen LogP contribution in [0.5, 0.6) is 0 Å². The van der Waals surface area contributed by atoms with Crippen LogP contribution >= 0.6 is 11.3 Å². The number of hydrogen-bond acceptors (Lipinski definition) is 7. The highest BCUT2D eigenvalue weighted by Gasteiger charge is 2.34. The van der Waals surface area contributed by atoms with Crippen LogP contribution in [0.1, 0.15) is 53.5 Å². The molecule has 5 rings (SSSR count). The molecule has 11 heteroatoms. The highest BCUT2D eigenvalue weighted by atomic mass is 32.1. The zero-order valence-corrected chi connectivity index (χ0v) is 24.2. The largest absolute Gasteiger partial charge is 0.629 e. The molecule has 2 atom stereocenters. The first kappa shape index (κ1) is 29.5. The van der Waals surface area contributed by atoms with E-state index in [1.54, 1.807) is 35.9 Å². The quantitative estimate of drug-likeness (QED) is 0.161. The van der Waals surface area contributed by atoms with E-state index in [0.29, 0.717) is 39.7 Å². The van der Waals surface area contributed by atoms with Gasteiger partial charge in [-0.3, -0.25) is 10.1 Å². The molecule has 8 nitrogen and oxygen atoms in total. The zero-order chi connectivity index (χ0) is 29.6. The zero-order valence-electron chi connectivity index (χ0n) is 23.4. The van der Waals surface area contributed by atoms with E-state index < -0.39 is 22.7 Å². The van der Waals surface area contributed by atoms with Gasteiger partial charge in [0.2, 0.25) is 0 Å². The van der Waals surface area contributed by atoms with E-state index in [9.17, 15) is 10.0 Å². The lowest BCUT2D eigenvalue weighted by Gasteiger charge is -2.33. The molecule has 0 spiro atoms. The van der Waals surface area contributed by atoms with Crippen molar-refractivity contribution in [3.63, 3.8) is 0 Å². The van der Waals surface area contributed by atoms with Crippen LogP contribution in [0.2, 0.25) is 0 Å². The number of quaternary nitrogens is 1. The van der Waals surface area contributed by atoms with Gasteiger partial charge in [0.1, 0.15) is 23.1 Å². The molecular formula is C31H32F2N6O2S. The van der Waals surface area contributed by atoms with Gasteiger partial charge in [-0.05, 0) is 67.5 Å². The number of rotatable bonds is 11. The van der Waals surface area contributed by atoms with Crippen molar-refractivity contribution in [3.05, 3.63) is 106 Å². The molecule has 2 aromatic heterocycles. The van der Waals surface area contributed by atoms with Crippen LogP contribution in [0, 0.1) is 16.8 Å². The van der Waals surface area contributed by atoms with Crippen LogP contribution in [-0.4, -0.2) is 47.0 Å². The van der Waals surface area contributed by atoms with Crippen LogP contribution in [0.25, 0.3) is 17.2 Å². The number of anilines is 2. The fourth-order valence-electron chi connectivity index (χ4n) is 5.10. The molecule has 42 heavy (non-hydrogen) atoms. The number of hydroxylamine groups is 2. The molecule has 2 aromatic carbocycles. The molecule has 2 unspecified atom stereocenters. The summed E-state index contributed by atoms with van der Waals surface area (Å²) in [7, 11) is 0. The number of fused-ring (bicyclic) bond motifs is 1. The lowest BCUT2D eigenvalue weighted by atomic mass is 9.90. The van der Waals surface area contributed by atoms with Gasteiger partial charge in [0.15, 0.2) is 11.2 Å². The van der Waals surface area contributed by atoms with Crippen molar-refractivity contribution in [2.45, 2.75) is 26.3 Å². The van der Waals surface area contributed by atoms with Crippen LogP contribution in [0.3, 0.4) is 0 Å². The molecule has 4 aromatic rings. The summed E-state index contributed by atoms with van der Waals surface area (Å²) in [4.78, 5) is 24.1. The highest BCUT2D eigenvalue weighted by Crippen LogP contribution is 2.36. The molecule has 1 aliphatic rings. The first-order valence-electron chi connectivity index (χ1n) is 13.9. The van der Waals surface area contributed by atoms with Crippen LogP contribution in [0.15, 0.2) is 66.3 Å². The Labute approximate surface area is 247 Å². The molecule has 0 saturated carbocycles. The molecule has 3 heterocycles. The Hall–Kier alpha value is -4.03. The molecule has 0 radical (unpaired) electrons. The smallest absolute Gasteiger partial charge is 0.257 e. The second-order valence-corrected chi connectivity index (χ2v) is 10.7. The van der Waals surface area contributed by atoms with Crippen LogP contribution in [-0.2, 0) is 0 Å². The maximum atomic E-state index is 15.0. The Balaban J connectivity index is 1.56. The maximum Gasteiger partial charge on any atom is 0.257 e. The molecule has 0 aliphatic carbocycles. The number of carbonyl (C=O) groups is 1. The summed E-state index contributed by atoms with van der Waals surface area (Å²) in [5, 5.41) is 21.1. The second kappa shape index (κ2) is 13.3. The Morgan fingerprint density at radius 2 is 1.88 bits per heavy atom. The first-order chi connectivity index (χ1) is 20.4. The number of halogens is 2. The van der Waals surface area contributed by atoms with E-state index in [4.69, 9.17) is 4.98 Å². The van der Waals surface area contributed by atoms with Crippen molar-refractivity contribution in [3.8, 4) is 11.1 Å². The SMILES string of the molecule is CCN(CC)CCCNc1cc(-c2cccc(C(=O)Nc3nccs3)c2)c2c(n1)C(c1c(F)cccc1F)[NH+]([O-])C=C2. The summed E-state index contributed by atoms with van der Waals surface area (Å²) >= 11 is 1.32. The van der Waals surface area contributed by atoms with Crippen LogP contribution in [0.4, 0.5) is 19.7 Å². The minimum atomic E-state index is -1.25. The molecular weight excluding hydrogens is 558 g/mol. The van der Waals surface area contributed by atoms with E-state index in [0.717, 1.165) is 38.2 Å². The molecule has 1 aliphatic heterocycles. The number of pyridine rings is 1. The predicted molar refractivity (Wildman–Crippen MR) is 162 cm³/mol. The Morgan fingerprint density at radius 3 is 2.60 bits per heavy atom. The number of nitrogens with zero attached hydrogens (tertiary/aromatic N) is 3. The van der Waals surface area contributed by atoms with Gasteiger partial charge >= 0.3 is 0 Å². The number of nitrogens with one attached hydrogen (secondary N) is 3. The van der Waals surface area contributed by atoms with Crippen molar-refractivity contribution < 1.29 is 18.6 Å². The van der Waals surface area contributed by atoms with Gasteiger partial charge < -0.3 is 20.5 Å². The van der Waals surface area contributed by atoms with E-state index in [2.05, 4.69) is 34.4 Å². The summed E-state index contributed by atoms with van der Waals surface area (Å²) in [5.41, 5.74) is 2.27. The lowest BCUT2D eigenvalue weighted by Crippen LogP contribution is -3.03. The van der Waals surface area contributed by atoms with Gasteiger partial charge in [-0.15, -0.1) is 11.3 Å². The Bertz CT molecular complexity index is 1560. The number of benzene rings is 2. The summed E-state index contributed by atoms with van der Waals surface area (Å²) in [6.07, 6.45) is 5.42. The van der Waals surface area contributed by atoms with Gasteiger partial charge in [0, 0.05) is 35.3 Å². The molecule has 3 N–H and O–H groups in total. The molecule has 1 amide bonds. The third-order valence-corrected chi connectivity index (χ3v) is 7.98. The van der Waals surface area contributed by atoms with E-state index in [-0.39, 0.29) is 17.2 Å². The summed E-state index contributed by atoms with van der Waals surface area (Å²) in [5.74, 6) is -1.46. The minimum absolute atomic E-state index is 0.257. The topological polar surface area (TPSA) is 97.7 Å². The van der Waals surface area contributed by atoms with Crippen molar-refractivity contribution in [2.24, 2.45) is 0 Å². The number of amides is 1. The van der Waals surface area contributed by atoms with E-state index in [1.807, 2.05) is 12.1 Å². The molecule has 0 fully saturated rings. The van der Waals surface area contributed by atoms with Crippen molar-refractivity contribution in [2.75, 3.05) is 36.8 Å². The normalized spacial score (nSPS) is 16.0.